The van der Waals surface area contributed by atoms with Gasteiger partial charge in [0.1, 0.15) is 5.75 Å². The Morgan fingerprint density at radius 2 is 2.00 bits per heavy atom. The summed E-state index contributed by atoms with van der Waals surface area (Å²) in [5.41, 5.74) is 0.735. The lowest BCUT2D eigenvalue weighted by Gasteiger charge is -2.35. The average Bonchev–Trinajstić information content (AvgIpc) is 2.60. The molecule has 1 aliphatic carbocycles. The van der Waals surface area contributed by atoms with Gasteiger partial charge in [0.15, 0.2) is 0 Å². The maximum Gasteiger partial charge on any atom is 0.547 e. The molecule has 1 aromatic rings. The predicted octanol–water partition coefficient (Wildman–Crippen LogP) is 2.14. The number of carbonyl (C=O) groups excluding carboxylic acids is 1. The van der Waals surface area contributed by atoms with Crippen LogP contribution >= 0.6 is 0 Å². The van der Waals surface area contributed by atoms with E-state index in [1.54, 1.807) is 24.1 Å². The number of nitrogens with zero attached hydrogens (tertiary/aromatic N) is 1. The van der Waals surface area contributed by atoms with Gasteiger partial charge in [0.2, 0.25) is 5.91 Å². The van der Waals surface area contributed by atoms with Gasteiger partial charge in [0.25, 0.3) is 0 Å². The molecule has 1 unspecified atom stereocenters. The average molecular weight is 345 g/mol. The van der Waals surface area contributed by atoms with Crippen molar-refractivity contribution < 1.29 is 24.4 Å². The van der Waals surface area contributed by atoms with E-state index >= 15 is 0 Å². The fourth-order valence-electron chi connectivity index (χ4n) is 3.87. The van der Waals surface area contributed by atoms with Crippen molar-refractivity contribution in [2.45, 2.75) is 50.9 Å². The molecule has 0 radical (unpaired) electrons. The molecule has 1 aromatic carbocycles. The molecule has 6 nitrogen and oxygen atoms in total. The van der Waals surface area contributed by atoms with E-state index < -0.39 is 19.0 Å². The summed E-state index contributed by atoms with van der Waals surface area (Å²) in [5, 5.41) is 19.6. The molecule has 0 bridgehead atoms. The minimum atomic E-state index is -1.23. The van der Waals surface area contributed by atoms with E-state index in [9.17, 15) is 19.7 Å². The van der Waals surface area contributed by atoms with Crippen LogP contribution in [0.2, 0.25) is 0 Å². The number of rotatable bonds is 4. The van der Waals surface area contributed by atoms with Crippen molar-refractivity contribution in [3.05, 3.63) is 29.3 Å². The van der Waals surface area contributed by atoms with Gasteiger partial charge < -0.3 is 19.7 Å². The van der Waals surface area contributed by atoms with Crippen LogP contribution in [0.15, 0.2) is 18.2 Å². The fraction of sp³-hybridized carbons (Fsp3) is 0.556. The first kappa shape index (κ1) is 17.8. The first-order valence-corrected chi connectivity index (χ1v) is 8.93. The van der Waals surface area contributed by atoms with Crippen molar-refractivity contribution in [1.82, 2.24) is 4.90 Å². The quantitative estimate of drug-likeness (QED) is 0.817. The van der Waals surface area contributed by atoms with Crippen molar-refractivity contribution in [2.24, 2.45) is 5.92 Å². The Morgan fingerprint density at radius 1 is 1.28 bits per heavy atom. The fourth-order valence-corrected chi connectivity index (χ4v) is 3.87. The van der Waals surface area contributed by atoms with Crippen molar-refractivity contribution >= 4 is 19.0 Å². The first-order valence-electron chi connectivity index (χ1n) is 8.93. The van der Waals surface area contributed by atoms with Gasteiger partial charge in [-0.25, -0.2) is 4.79 Å². The number of hydrogen-bond donors (Lipinski definition) is 2. The zero-order valence-electron chi connectivity index (χ0n) is 14.5. The number of fused-ring (bicyclic) bond motifs is 1. The Bertz CT molecular complexity index is 659. The first-order chi connectivity index (χ1) is 12.0. The molecule has 1 amide bonds. The smallest absolute Gasteiger partial charge is 0.534 e. The highest BCUT2D eigenvalue weighted by atomic mass is 16.5. The monoisotopic (exact) mass is 345 g/mol. The van der Waals surface area contributed by atoms with E-state index in [0.717, 1.165) is 12.8 Å². The van der Waals surface area contributed by atoms with Crippen molar-refractivity contribution in [3.8, 4) is 5.75 Å². The summed E-state index contributed by atoms with van der Waals surface area (Å²) >= 11 is 0. The van der Waals surface area contributed by atoms with E-state index in [1.807, 2.05) is 0 Å². The van der Waals surface area contributed by atoms with Crippen LogP contribution in [0.5, 0.6) is 5.75 Å². The number of para-hydroxylation sites is 1. The number of amides is 1. The normalized spacial score (nSPS) is 20.6. The second-order valence-corrected chi connectivity index (χ2v) is 7.09. The highest BCUT2D eigenvalue weighted by Gasteiger charge is 2.41. The van der Waals surface area contributed by atoms with Crippen LogP contribution in [0.25, 0.3) is 0 Å². The third kappa shape index (κ3) is 3.81. The van der Waals surface area contributed by atoms with E-state index in [0.29, 0.717) is 24.3 Å². The Morgan fingerprint density at radius 3 is 2.68 bits per heavy atom. The molecule has 7 heteroatoms. The van der Waals surface area contributed by atoms with Crippen molar-refractivity contribution in [2.75, 3.05) is 7.05 Å². The van der Waals surface area contributed by atoms with E-state index in [1.165, 1.54) is 25.3 Å². The van der Waals surface area contributed by atoms with Crippen LogP contribution in [0.3, 0.4) is 0 Å². The van der Waals surface area contributed by atoms with Crippen LogP contribution in [-0.2, 0) is 11.2 Å². The second-order valence-electron chi connectivity index (χ2n) is 7.09. The van der Waals surface area contributed by atoms with Gasteiger partial charge in [-0.1, -0.05) is 31.4 Å². The summed E-state index contributed by atoms with van der Waals surface area (Å²) in [6, 6.07) is 4.89. The topological polar surface area (TPSA) is 87.1 Å². The molecule has 25 heavy (non-hydrogen) atoms. The molecule has 3 rings (SSSR count). The Kier molecular flexibility index (Phi) is 5.32. The molecule has 1 atom stereocenters. The summed E-state index contributed by atoms with van der Waals surface area (Å²) in [6.07, 6.45) is 6.68. The highest BCUT2D eigenvalue weighted by Crippen LogP contribution is 2.32. The minimum Gasteiger partial charge on any atom is -0.534 e. The number of carboxylic acid groups (broad SMARTS) is 1. The van der Waals surface area contributed by atoms with E-state index in [-0.39, 0.29) is 17.2 Å². The highest BCUT2D eigenvalue weighted by molar-refractivity contribution is 6.47. The maximum absolute atomic E-state index is 12.6. The van der Waals surface area contributed by atoms with Crippen LogP contribution in [0.4, 0.5) is 0 Å². The molecule has 1 aliphatic heterocycles. The molecule has 2 N–H and O–H groups in total. The predicted molar refractivity (Wildman–Crippen MR) is 93.5 cm³/mol. The molecule has 0 saturated heterocycles. The minimum absolute atomic E-state index is 0.0115. The summed E-state index contributed by atoms with van der Waals surface area (Å²) in [5.74, 6) is -0.961. The molecular formula is C18H24BNO5. The molecule has 1 fully saturated rings. The van der Waals surface area contributed by atoms with Crippen LogP contribution in [-0.4, -0.2) is 47.0 Å². The van der Waals surface area contributed by atoms with Gasteiger partial charge in [0.05, 0.1) is 11.5 Å². The molecule has 2 aliphatic rings. The Labute approximate surface area is 147 Å². The summed E-state index contributed by atoms with van der Waals surface area (Å²) in [6.45, 7) is 0. The largest absolute Gasteiger partial charge is 0.547 e. The van der Waals surface area contributed by atoms with Gasteiger partial charge >= 0.3 is 13.1 Å². The third-order valence-corrected chi connectivity index (χ3v) is 5.40. The van der Waals surface area contributed by atoms with Gasteiger partial charge in [-0.15, -0.1) is 0 Å². The number of likely N-dealkylation sites (N-methyl/N-ethyl adjacent to an activating group) is 1. The molecule has 0 aromatic heterocycles. The number of carboxylic acids is 1. The zero-order chi connectivity index (χ0) is 18.0. The van der Waals surface area contributed by atoms with Crippen LogP contribution < -0.4 is 4.65 Å². The molecule has 1 saturated carbocycles. The second kappa shape index (κ2) is 7.48. The number of benzene rings is 1. The van der Waals surface area contributed by atoms with Crippen LogP contribution in [0.1, 0.15) is 54.4 Å². The lowest BCUT2D eigenvalue weighted by molar-refractivity contribution is -0.132. The summed E-state index contributed by atoms with van der Waals surface area (Å²) < 4.78 is 5.48. The van der Waals surface area contributed by atoms with Crippen molar-refractivity contribution in [3.63, 3.8) is 0 Å². The SMILES string of the molecule is CN(C(=O)CC1CCCCC1)C1Cc2cccc(C(=O)O)c2OB1O. The van der Waals surface area contributed by atoms with E-state index in [2.05, 4.69) is 0 Å². The Balaban J connectivity index is 1.71. The van der Waals surface area contributed by atoms with Crippen LogP contribution in [0, 0.1) is 5.92 Å². The van der Waals surface area contributed by atoms with Gasteiger partial charge in [-0.2, -0.15) is 0 Å². The van der Waals surface area contributed by atoms with E-state index in [4.69, 9.17) is 4.65 Å². The van der Waals surface area contributed by atoms with Gasteiger partial charge in [-0.3, -0.25) is 4.79 Å². The molecule has 0 spiro atoms. The van der Waals surface area contributed by atoms with Gasteiger partial charge in [-0.05, 0) is 36.8 Å². The maximum atomic E-state index is 12.6. The lowest BCUT2D eigenvalue weighted by Crippen LogP contribution is -2.54. The summed E-state index contributed by atoms with van der Waals surface area (Å²) in [4.78, 5) is 25.5. The van der Waals surface area contributed by atoms with Gasteiger partial charge in [0, 0.05) is 13.5 Å². The standard InChI is InChI=1S/C18H24BNO5/c1-20(16(21)10-12-6-3-2-4-7-12)15-11-13-8-5-9-14(18(22)23)17(13)25-19(15)24/h5,8-9,12,15,24H,2-4,6-7,10-11H2,1H3,(H,22,23). The number of hydrogen-bond acceptors (Lipinski definition) is 4. The molecular weight excluding hydrogens is 321 g/mol. The molecule has 134 valence electrons. The number of carbonyl (C=O) groups is 2. The summed E-state index contributed by atoms with van der Waals surface area (Å²) in [7, 11) is 0.461. The number of aromatic carboxylic acids is 1. The third-order valence-electron chi connectivity index (χ3n) is 5.40. The zero-order valence-corrected chi connectivity index (χ0v) is 14.5. The molecule has 1 heterocycles. The van der Waals surface area contributed by atoms with Crippen molar-refractivity contribution in [1.29, 1.82) is 0 Å². The lowest BCUT2D eigenvalue weighted by atomic mass is 9.71. The Hall–Kier alpha value is -2.02.